The van der Waals surface area contributed by atoms with Gasteiger partial charge in [0, 0.05) is 24.8 Å². The summed E-state index contributed by atoms with van der Waals surface area (Å²) in [6.45, 7) is 10.2. The maximum atomic E-state index is 9.99. The Kier molecular flexibility index (Phi) is 4.80. The number of benzene rings is 1. The molecule has 1 aromatic carbocycles. The Morgan fingerprint density at radius 3 is 2.48 bits per heavy atom. The van der Waals surface area contributed by atoms with Crippen molar-refractivity contribution >= 4 is 0 Å². The van der Waals surface area contributed by atoms with Crippen LogP contribution >= 0.6 is 0 Å². The van der Waals surface area contributed by atoms with E-state index in [1.165, 1.54) is 5.56 Å². The third kappa shape index (κ3) is 4.41. The molecule has 1 heterocycles. The molecule has 0 saturated carbocycles. The number of aromatic nitrogens is 2. The lowest BCUT2D eigenvalue weighted by Crippen LogP contribution is -2.38. The number of aryl methyl sites for hydroxylation is 1. The fourth-order valence-electron chi connectivity index (χ4n) is 2.43. The molecule has 4 nitrogen and oxygen atoms in total. The summed E-state index contributed by atoms with van der Waals surface area (Å²) in [6, 6.07) is 10.1. The molecular formula is C17H25N3O. The van der Waals surface area contributed by atoms with Crippen molar-refractivity contribution in [2.75, 3.05) is 13.1 Å². The Bertz CT molecular complexity index is 569. The smallest absolute Gasteiger partial charge is 0.0718 e. The normalized spacial score (nSPS) is 12.1. The largest absolute Gasteiger partial charge is 0.389 e. The molecule has 114 valence electrons. The quantitative estimate of drug-likeness (QED) is 0.888. The minimum atomic E-state index is -0.681. The van der Waals surface area contributed by atoms with E-state index >= 15 is 0 Å². The van der Waals surface area contributed by atoms with E-state index in [4.69, 9.17) is 0 Å². The van der Waals surface area contributed by atoms with Crippen LogP contribution in [0, 0.1) is 6.92 Å². The van der Waals surface area contributed by atoms with Crippen LogP contribution in [0.4, 0.5) is 0 Å². The first kappa shape index (κ1) is 15.7. The number of nitrogens with zero attached hydrogens (tertiary/aromatic N) is 3. The topological polar surface area (TPSA) is 41.3 Å². The van der Waals surface area contributed by atoms with Crippen LogP contribution in [0.2, 0.25) is 0 Å². The van der Waals surface area contributed by atoms with Gasteiger partial charge >= 0.3 is 0 Å². The fourth-order valence-corrected chi connectivity index (χ4v) is 2.43. The van der Waals surface area contributed by atoms with E-state index < -0.39 is 5.60 Å². The molecule has 0 aliphatic rings. The molecule has 1 aromatic heterocycles. The molecule has 2 rings (SSSR count). The van der Waals surface area contributed by atoms with Gasteiger partial charge < -0.3 is 5.11 Å². The van der Waals surface area contributed by atoms with E-state index in [0.29, 0.717) is 6.54 Å². The Hall–Kier alpha value is -1.65. The summed E-state index contributed by atoms with van der Waals surface area (Å²) in [5.41, 5.74) is 2.62. The van der Waals surface area contributed by atoms with Gasteiger partial charge in [-0.25, -0.2) is 4.68 Å². The zero-order chi connectivity index (χ0) is 15.5. The van der Waals surface area contributed by atoms with E-state index in [-0.39, 0.29) is 0 Å². The predicted octanol–water partition coefficient (Wildman–Crippen LogP) is 2.77. The standard InChI is InChI=1S/C17H25N3O/c1-5-19(13-17(3,4)21)11-15-12-20(18-14(15)2)16-9-7-6-8-10-16/h6-10,12,21H,5,11,13H2,1-4H3. The Labute approximate surface area is 127 Å². The van der Waals surface area contributed by atoms with Crippen molar-refractivity contribution in [1.82, 2.24) is 14.7 Å². The summed E-state index contributed by atoms with van der Waals surface area (Å²) in [5, 5.41) is 14.6. The zero-order valence-electron chi connectivity index (χ0n) is 13.4. The number of likely N-dealkylation sites (N-methyl/N-ethyl adjacent to an activating group) is 1. The molecule has 0 aliphatic carbocycles. The van der Waals surface area contributed by atoms with E-state index in [0.717, 1.165) is 24.5 Å². The lowest BCUT2D eigenvalue weighted by Gasteiger charge is -2.27. The highest BCUT2D eigenvalue weighted by molar-refractivity contribution is 5.32. The van der Waals surface area contributed by atoms with E-state index in [9.17, 15) is 5.11 Å². The second-order valence-corrected chi connectivity index (χ2v) is 6.14. The van der Waals surface area contributed by atoms with Crippen molar-refractivity contribution in [1.29, 1.82) is 0 Å². The monoisotopic (exact) mass is 287 g/mol. The molecular weight excluding hydrogens is 262 g/mol. The number of rotatable bonds is 6. The van der Waals surface area contributed by atoms with Gasteiger partial charge in [-0.05, 0) is 39.4 Å². The SMILES string of the molecule is CCN(Cc1cn(-c2ccccc2)nc1C)CC(C)(C)O. The van der Waals surface area contributed by atoms with E-state index in [2.05, 4.69) is 23.1 Å². The molecule has 0 unspecified atom stereocenters. The molecule has 2 aromatic rings. The van der Waals surface area contributed by atoms with Gasteiger partial charge in [-0.3, -0.25) is 4.90 Å². The number of aliphatic hydroxyl groups is 1. The first-order valence-corrected chi connectivity index (χ1v) is 7.44. The predicted molar refractivity (Wildman–Crippen MR) is 85.5 cm³/mol. The van der Waals surface area contributed by atoms with E-state index in [1.807, 2.05) is 55.8 Å². The molecule has 0 bridgehead atoms. The van der Waals surface area contributed by atoms with Crippen LogP contribution in [-0.4, -0.2) is 38.5 Å². The zero-order valence-corrected chi connectivity index (χ0v) is 13.4. The molecule has 0 aliphatic heterocycles. The Balaban J connectivity index is 2.16. The molecule has 0 spiro atoms. The summed E-state index contributed by atoms with van der Waals surface area (Å²) in [5.74, 6) is 0. The first-order chi connectivity index (χ1) is 9.89. The van der Waals surface area contributed by atoms with Crippen molar-refractivity contribution in [3.8, 4) is 5.69 Å². The molecule has 1 N–H and O–H groups in total. The van der Waals surface area contributed by atoms with Crippen LogP contribution in [-0.2, 0) is 6.54 Å². The van der Waals surface area contributed by atoms with Gasteiger partial charge in [0.1, 0.15) is 0 Å². The average molecular weight is 287 g/mol. The van der Waals surface area contributed by atoms with Crippen molar-refractivity contribution in [3.05, 3.63) is 47.8 Å². The van der Waals surface area contributed by atoms with Gasteiger partial charge in [0.25, 0.3) is 0 Å². The number of hydrogen-bond acceptors (Lipinski definition) is 3. The third-order valence-corrected chi connectivity index (χ3v) is 3.47. The van der Waals surface area contributed by atoms with Gasteiger partial charge in [0.05, 0.1) is 17.0 Å². The lowest BCUT2D eigenvalue weighted by atomic mass is 10.1. The van der Waals surface area contributed by atoms with Crippen LogP contribution in [0.25, 0.3) is 5.69 Å². The van der Waals surface area contributed by atoms with Gasteiger partial charge in [-0.2, -0.15) is 5.10 Å². The van der Waals surface area contributed by atoms with Gasteiger partial charge in [-0.15, -0.1) is 0 Å². The van der Waals surface area contributed by atoms with Gasteiger partial charge in [0.2, 0.25) is 0 Å². The summed E-state index contributed by atoms with van der Waals surface area (Å²) >= 11 is 0. The Morgan fingerprint density at radius 2 is 1.90 bits per heavy atom. The summed E-state index contributed by atoms with van der Waals surface area (Å²) in [6.07, 6.45) is 2.08. The van der Waals surface area contributed by atoms with Crippen molar-refractivity contribution in [2.45, 2.75) is 39.8 Å². The van der Waals surface area contributed by atoms with Crippen LogP contribution in [0.1, 0.15) is 32.0 Å². The highest BCUT2D eigenvalue weighted by atomic mass is 16.3. The lowest BCUT2D eigenvalue weighted by molar-refractivity contribution is 0.0353. The molecule has 4 heteroatoms. The molecule has 0 atom stereocenters. The van der Waals surface area contributed by atoms with Crippen LogP contribution in [0.15, 0.2) is 36.5 Å². The minimum absolute atomic E-state index is 0.652. The molecule has 0 fully saturated rings. The van der Waals surface area contributed by atoms with Crippen molar-refractivity contribution < 1.29 is 5.11 Å². The molecule has 21 heavy (non-hydrogen) atoms. The highest BCUT2D eigenvalue weighted by Gasteiger charge is 2.18. The molecule has 0 amide bonds. The maximum Gasteiger partial charge on any atom is 0.0718 e. The van der Waals surface area contributed by atoms with Crippen molar-refractivity contribution in [3.63, 3.8) is 0 Å². The highest BCUT2D eigenvalue weighted by Crippen LogP contribution is 2.15. The number of hydrogen-bond donors (Lipinski definition) is 1. The maximum absolute atomic E-state index is 9.99. The molecule has 0 saturated heterocycles. The van der Waals surface area contributed by atoms with Crippen LogP contribution in [0.3, 0.4) is 0 Å². The summed E-state index contributed by atoms with van der Waals surface area (Å²) in [7, 11) is 0. The second kappa shape index (κ2) is 6.41. The minimum Gasteiger partial charge on any atom is -0.389 e. The first-order valence-electron chi connectivity index (χ1n) is 7.44. The van der Waals surface area contributed by atoms with E-state index in [1.54, 1.807) is 0 Å². The summed E-state index contributed by atoms with van der Waals surface area (Å²) < 4.78 is 1.92. The fraction of sp³-hybridized carbons (Fsp3) is 0.471. The second-order valence-electron chi connectivity index (χ2n) is 6.14. The number of para-hydroxylation sites is 1. The average Bonchev–Trinajstić information content (AvgIpc) is 2.79. The van der Waals surface area contributed by atoms with Crippen molar-refractivity contribution in [2.24, 2.45) is 0 Å². The Morgan fingerprint density at radius 1 is 1.24 bits per heavy atom. The summed E-state index contributed by atoms with van der Waals surface area (Å²) in [4.78, 5) is 2.24. The van der Waals surface area contributed by atoms with Gasteiger partial charge in [0.15, 0.2) is 0 Å². The van der Waals surface area contributed by atoms with Crippen LogP contribution < -0.4 is 0 Å². The van der Waals surface area contributed by atoms with Gasteiger partial charge in [-0.1, -0.05) is 25.1 Å². The van der Waals surface area contributed by atoms with Crippen LogP contribution in [0.5, 0.6) is 0 Å². The molecule has 0 radical (unpaired) electrons. The third-order valence-electron chi connectivity index (χ3n) is 3.47.